The Kier molecular flexibility index (Phi) is 5.14. The predicted octanol–water partition coefficient (Wildman–Crippen LogP) is 5.46. The summed E-state index contributed by atoms with van der Waals surface area (Å²) in [5, 5.41) is 14.9. The molecule has 0 amide bonds. The van der Waals surface area contributed by atoms with Crippen LogP contribution < -0.4 is 5.32 Å². The highest BCUT2D eigenvalue weighted by Gasteiger charge is 2.16. The fraction of sp³-hybridized carbons (Fsp3) is 0.286. The highest BCUT2D eigenvalue weighted by molar-refractivity contribution is 6.31. The Morgan fingerprint density at radius 3 is 2.74 bits per heavy atom. The summed E-state index contributed by atoms with van der Waals surface area (Å²) in [6.07, 6.45) is 5.21. The van der Waals surface area contributed by atoms with Gasteiger partial charge in [0.15, 0.2) is 11.6 Å². The van der Waals surface area contributed by atoms with Gasteiger partial charge in [-0.1, -0.05) is 18.0 Å². The molecular weight excluding hydrogens is 365 g/mol. The van der Waals surface area contributed by atoms with Gasteiger partial charge >= 0.3 is 0 Å². The van der Waals surface area contributed by atoms with Crippen LogP contribution >= 0.6 is 11.6 Å². The number of aromatic nitrogens is 1. The number of anilines is 2. The molecule has 2 aromatic carbocycles. The molecule has 2 N–H and O–H groups in total. The smallest absolute Gasteiger partial charge is 0.167 e. The molecule has 1 saturated heterocycles. The molecule has 6 heteroatoms. The number of piperidine rings is 1. The first-order valence-electron chi connectivity index (χ1n) is 9.15. The molecule has 140 valence electrons. The van der Waals surface area contributed by atoms with Crippen molar-refractivity contribution in [2.24, 2.45) is 0 Å². The van der Waals surface area contributed by atoms with Crippen LogP contribution in [-0.4, -0.2) is 28.1 Å². The molecule has 27 heavy (non-hydrogen) atoms. The van der Waals surface area contributed by atoms with Gasteiger partial charge in [0.2, 0.25) is 0 Å². The summed E-state index contributed by atoms with van der Waals surface area (Å²) < 4.78 is 14.3. The Morgan fingerprint density at radius 1 is 1.11 bits per heavy atom. The first-order chi connectivity index (χ1) is 13.1. The lowest BCUT2D eigenvalue weighted by Gasteiger charge is -2.27. The molecule has 3 aromatic rings. The number of phenols is 1. The molecule has 1 fully saturated rings. The lowest BCUT2D eigenvalue weighted by Crippen LogP contribution is -2.29. The molecular formula is C21H21ClFN3O. The van der Waals surface area contributed by atoms with Gasteiger partial charge in [0.25, 0.3) is 0 Å². The van der Waals surface area contributed by atoms with Crippen molar-refractivity contribution in [3.63, 3.8) is 0 Å². The second-order valence-corrected chi connectivity index (χ2v) is 7.38. The van der Waals surface area contributed by atoms with E-state index in [-0.39, 0.29) is 5.75 Å². The molecule has 4 rings (SSSR count). The maximum atomic E-state index is 14.3. The van der Waals surface area contributed by atoms with E-state index in [1.807, 2.05) is 18.2 Å². The van der Waals surface area contributed by atoms with Crippen LogP contribution in [0, 0.1) is 5.82 Å². The number of phenolic OH excluding ortho intramolecular Hbond substituents is 1. The summed E-state index contributed by atoms with van der Waals surface area (Å²) in [6, 6.07) is 10.5. The Balaban J connectivity index is 1.64. The molecule has 0 atom stereocenters. The standard InChI is InChI=1S/C21H21ClFN3O/c22-15-4-5-17-19(6-7-24-20(17)11-15)25-16-10-14(21(27)18(23)12-16)13-26-8-2-1-3-9-26/h4-7,10-12,27H,1-3,8-9,13H2,(H,24,25). The summed E-state index contributed by atoms with van der Waals surface area (Å²) in [5.74, 6) is -0.883. The van der Waals surface area contributed by atoms with Gasteiger partial charge in [0.1, 0.15) is 0 Å². The van der Waals surface area contributed by atoms with Crippen molar-refractivity contribution >= 4 is 33.9 Å². The number of rotatable bonds is 4. The van der Waals surface area contributed by atoms with Gasteiger partial charge in [0.05, 0.1) is 5.52 Å². The number of halogens is 2. The highest BCUT2D eigenvalue weighted by Crippen LogP contribution is 2.32. The van der Waals surface area contributed by atoms with Gasteiger partial charge in [-0.2, -0.15) is 0 Å². The van der Waals surface area contributed by atoms with Gasteiger partial charge in [-0.25, -0.2) is 4.39 Å². The van der Waals surface area contributed by atoms with Crippen LogP contribution in [0.15, 0.2) is 42.6 Å². The monoisotopic (exact) mass is 385 g/mol. The Hall–Kier alpha value is -2.37. The molecule has 0 radical (unpaired) electrons. The van der Waals surface area contributed by atoms with Crippen molar-refractivity contribution in [2.45, 2.75) is 25.8 Å². The third kappa shape index (κ3) is 3.99. The third-order valence-corrected chi connectivity index (χ3v) is 5.20. The van der Waals surface area contributed by atoms with Gasteiger partial charge in [-0.05, 0) is 56.3 Å². The number of nitrogens with one attached hydrogen (secondary N) is 1. The van der Waals surface area contributed by atoms with Gasteiger partial charge in [0, 0.05) is 46.2 Å². The third-order valence-electron chi connectivity index (χ3n) is 4.97. The van der Waals surface area contributed by atoms with Crippen molar-refractivity contribution in [3.05, 3.63) is 59.0 Å². The summed E-state index contributed by atoms with van der Waals surface area (Å²) in [7, 11) is 0. The van der Waals surface area contributed by atoms with E-state index in [0.717, 1.165) is 42.5 Å². The van der Waals surface area contributed by atoms with Crippen LogP contribution in [0.1, 0.15) is 24.8 Å². The average Bonchev–Trinajstić information content (AvgIpc) is 2.66. The molecule has 0 spiro atoms. The first kappa shape index (κ1) is 18.0. The van der Waals surface area contributed by atoms with E-state index in [2.05, 4.69) is 15.2 Å². The maximum Gasteiger partial charge on any atom is 0.167 e. The van der Waals surface area contributed by atoms with Crippen molar-refractivity contribution < 1.29 is 9.50 Å². The minimum atomic E-state index is -0.617. The molecule has 2 heterocycles. The normalized spacial score (nSPS) is 15.2. The lowest BCUT2D eigenvalue weighted by atomic mass is 10.1. The van der Waals surface area contributed by atoms with Crippen LogP contribution in [-0.2, 0) is 6.54 Å². The molecule has 4 nitrogen and oxygen atoms in total. The summed E-state index contributed by atoms with van der Waals surface area (Å²) >= 11 is 6.04. The maximum absolute atomic E-state index is 14.3. The number of aromatic hydroxyl groups is 1. The van der Waals surface area contributed by atoms with Crippen molar-refractivity contribution in [1.29, 1.82) is 0 Å². The number of pyridine rings is 1. The van der Waals surface area contributed by atoms with E-state index >= 15 is 0 Å². The van der Waals surface area contributed by atoms with Gasteiger partial charge in [-0.3, -0.25) is 9.88 Å². The van der Waals surface area contributed by atoms with Crippen LogP contribution in [0.2, 0.25) is 5.02 Å². The topological polar surface area (TPSA) is 48.4 Å². The number of nitrogens with zero attached hydrogens (tertiary/aromatic N) is 2. The summed E-state index contributed by atoms with van der Waals surface area (Å²) in [4.78, 5) is 6.58. The first-order valence-corrected chi connectivity index (χ1v) is 9.53. The van der Waals surface area contributed by atoms with E-state index in [1.54, 1.807) is 18.3 Å². The summed E-state index contributed by atoms with van der Waals surface area (Å²) in [6.45, 7) is 2.51. The van der Waals surface area contributed by atoms with Gasteiger partial charge < -0.3 is 10.4 Å². The average molecular weight is 386 g/mol. The minimum absolute atomic E-state index is 0.266. The van der Waals surface area contributed by atoms with Crippen molar-refractivity contribution in [3.8, 4) is 5.75 Å². The van der Waals surface area contributed by atoms with E-state index in [4.69, 9.17) is 11.6 Å². The van der Waals surface area contributed by atoms with Crippen LogP contribution in [0.25, 0.3) is 10.9 Å². The zero-order valence-electron chi connectivity index (χ0n) is 14.9. The van der Waals surface area contributed by atoms with Gasteiger partial charge in [-0.15, -0.1) is 0 Å². The number of fused-ring (bicyclic) bond motifs is 1. The van der Waals surface area contributed by atoms with Crippen molar-refractivity contribution in [2.75, 3.05) is 18.4 Å². The minimum Gasteiger partial charge on any atom is -0.505 e. The molecule has 1 aromatic heterocycles. The lowest BCUT2D eigenvalue weighted by molar-refractivity contribution is 0.218. The fourth-order valence-corrected chi connectivity index (χ4v) is 3.76. The SMILES string of the molecule is Oc1c(F)cc(Nc2ccnc3cc(Cl)ccc23)cc1CN1CCCCC1. The zero-order valence-corrected chi connectivity index (χ0v) is 15.6. The second kappa shape index (κ2) is 7.71. The predicted molar refractivity (Wildman–Crippen MR) is 107 cm³/mol. The highest BCUT2D eigenvalue weighted by atomic mass is 35.5. The van der Waals surface area contributed by atoms with Crippen molar-refractivity contribution in [1.82, 2.24) is 9.88 Å². The van der Waals surface area contributed by atoms with Crippen LogP contribution in [0.4, 0.5) is 15.8 Å². The Bertz CT molecular complexity index is 973. The van der Waals surface area contributed by atoms with Crippen LogP contribution in [0.5, 0.6) is 5.75 Å². The largest absolute Gasteiger partial charge is 0.505 e. The number of likely N-dealkylation sites (tertiary alicyclic amines) is 1. The molecule has 1 aliphatic heterocycles. The number of hydrogen-bond donors (Lipinski definition) is 2. The zero-order chi connectivity index (χ0) is 18.8. The molecule has 0 aliphatic carbocycles. The Morgan fingerprint density at radius 2 is 1.93 bits per heavy atom. The Labute approximate surface area is 162 Å². The quantitative estimate of drug-likeness (QED) is 0.585. The fourth-order valence-electron chi connectivity index (χ4n) is 3.59. The number of hydrogen-bond acceptors (Lipinski definition) is 4. The molecule has 0 saturated carbocycles. The van der Waals surface area contributed by atoms with E-state index in [9.17, 15) is 9.50 Å². The van der Waals surface area contributed by atoms with E-state index in [1.165, 1.54) is 12.5 Å². The van der Waals surface area contributed by atoms with E-state index in [0.29, 0.717) is 22.8 Å². The molecule has 1 aliphatic rings. The second-order valence-electron chi connectivity index (χ2n) is 6.95. The molecule has 0 bridgehead atoms. The summed E-state index contributed by atoms with van der Waals surface area (Å²) in [5.41, 5.74) is 2.77. The molecule has 0 unspecified atom stereocenters. The van der Waals surface area contributed by atoms with E-state index < -0.39 is 5.82 Å². The van der Waals surface area contributed by atoms with Crippen LogP contribution in [0.3, 0.4) is 0 Å². The number of benzene rings is 2.